The zero-order valence-corrected chi connectivity index (χ0v) is 8.04. The zero-order valence-electron chi connectivity index (χ0n) is 8.04. The topological polar surface area (TPSA) is 50.7 Å². The number of ether oxygens (including phenoxy) is 2. The Morgan fingerprint density at radius 1 is 1.29 bits per heavy atom. The highest BCUT2D eigenvalue weighted by atomic mass is 16.6. The summed E-state index contributed by atoms with van der Waals surface area (Å²) in [4.78, 5) is 0. The summed E-state index contributed by atoms with van der Waals surface area (Å²) >= 11 is 0. The van der Waals surface area contributed by atoms with Gasteiger partial charge in [-0.1, -0.05) is 0 Å². The SMILES string of the molecule is Cc1cc2c(cc1NCO)OCCO2. The smallest absolute Gasteiger partial charge is 0.163 e. The van der Waals surface area contributed by atoms with Gasteiger partial charge in [-0.15, -0.1) is 0 Å². The van der Waals surface area contributed by atoms with Crippen molar-refractivity contribution in [3.63, 3.8) is 0 Å². The van der Waals surface area contributed by atoms with Crippen LogP contribution in [0.5, 0.6) is 11.5 Å². The van der Waals surface area contributed by atoms with E-state index in [0.29, 0.717) is 13.2 Å². The number of hydrogen-bond donors (Lipinski definition) is 2. The van der Waals surface area contributed by atoms with Gasteiger partial charge in [-0.05, 0) is 18.6 Å². The lowest BCUT2D eigenvalue weighted by Gasteiger charge is -2.20. The Bertz CT molecular complexity index is 338. The van der Waals surface area contributed by atoms with Gasteiger partial charge in [0.05, 0.1) is 0 Å². The quantitative estimate of drug-likeness (QED) is 0.694. The molecule has 1 aromatic carbocycles. The molecule has 1 aliphatic rings. The predicted molar refractivity (Wildman–Crippen MR) is 52.9 cm³/mol. The molecule has 1 heterocycles. The number of hydrogen-bond acceptors (Lipinski definition) is 4. The number of rotatable bonds is 2. The largest absolute Gasteiger partial charge is 0.486 e. The monoisotopic (exact) mass is 195 g/mol. The van der Waals surface area contributed by atoms with E-state index in [2.05, 4.69) is 5.32 Å². The van der Waals surface area contributed by atoms with Gasteiger partial charge in [0.15, 0.2) is 11.5 Å². The second kappa shape index (κ2) is 3.75. The van der Waals surface area contributed by atoms with E-state index in [1.54, 1.807) is 0 Å². The first-order valence-electron chi connectivity index (χ1n) is 4.56. The van der Waals surface area contributed by atoms with Gasteiger partial charge in [0, 0.05) is 11.8 Å². The van der Waals surface area contributed by atoms with Crippen molar-refractivity contribution in [2.45, 2.75) is 6.92 Å². The van der Waals surface area contributed by atoms with Crippen molar-refractivity contribution < 1.29 is 14.6 Å². The molecule has 0 aliphatic carbocycles. The molecular weight excluding hydrogens is 182 g/mol. The lowest BCUT2D eigenvalue weighted by atomic mass is 10.1. The van der Waals surface area contributed by atoms with E-state index < -0.39 is 0 Å². The summed E-state index contributed by atoms with van der Waals surface area (Å²) in [5.41, 5.74) is 1.90. The molecular formula is C10H13NO3. The van der Waals surface area contributed by atoms with Crippen LogP contribution in [-0.2, 0) is 0 Å². The van der Waals surface area contributed by atoms with E-state index in [0.717, 1.165) is 22.7 Å². The molecule has 0 bridgehead atoms. The summed E-state index contributed by atoms with van der Waals surface area (Å²) in [6, 6.07) is 3.76. The number of aliphatic hydroxyl groups is 1. The Balaban J connectivity index is 2.35. The van der Waals surface area contributed by atoms with E-state index in [1.807, 2.05) is 19.1 Å². The molecule has 0 saturated carbocycles. The van der Waals surface area contributed by atoms with Crippen LogP contribution in [0.3, 0.4) is 0 Å². The van der Waals surface area contributed by atoms with Gasteiger partial charge in [-0.2, -0.15) is 0 Å². The van der Waals surface area contributed by atoms with E-state index in [9.17, 15) is 0 Å². The van der Waals surface area contributed by atoms with Gasteiger partial charge in [0.2, 0.25) is 0 Å². The number of anilines is 1. The Morgan fingerprint density at radius 2 is 1.93 bits per heavy atom. The molecule has 14 heavy (non-hydrogen) atoms. The van der Waals surface area contributed by atoms with Crippen molar-refractivity contribution in [3.05, 3.63) is 17.7 Å². The van der Waals surface area contributed by atoms with Gasteiger partial charge < -0.3 is 19.9 Å². The highest BCUT2D eigenvalue weighted by molar-refractivity contribution is 5.60. The van der Waals surface area contributed by atoms with Crippen molar-refractivity contribution in [1.82, 2.24) is 0 Å². The molecule has 0 unspecified atom stereocenters. The fourth-order valence-electron chi connectivity index (χ4n) is 1.47. The summed E-state index contributed by atoms with van der Waals surface area (Å²) in [5.74, 6) is 1.51. The molecule has 4 heteroatoms. The van der Waals surface area contributed by atoms with Gasteiger partial charge in [-0.25, -0.2) is 0 Å². The van der Waals surface area contributed by atoms with Crippen molar-refractivity contribution in [2.75, 3.05) is 25.3 Å². The van der Waals surface area contributed by atoms with Gasteiger partial charge in [0.1, 0.15) is 19.9 Å². The Hall–Kier alpha value is -1.42. The molecule has 0 aromatic heterocycles. The maximum Gasteiger partial charge on any atom is 0.163 e. The molecule has 0 spiro atoms. The minimum Gasteiger partial charge on any atom is -0.486 e. The van der Waals surface area contributed by atoms with Crippen LogP contribution in [0.15, 0.2) is 12.1 Å². The van der Waals surface area contributed by atoms with E-state index in [-0.39, 0.29) is 6.73 Å². The second-order valence-corrected chi connectivity index (χ2v) is 3.15. The molecule has 0 amide bonds. The molecule has 0 atom stereocenters. The van der Waals surface area contributed by atoms with E-state index in [4.69, 9.17) is 14.6 Å². The van der Waals surface area contributed by atoms with Crippen LogP contribution in [0.1, 0.15) is 5.56 Å². The molecule has 0 fully saturated rings. The molecule has 4 nitrogen and oxygen atoms in total. The third-order valence-electron chi connectivity index (χ3n) is 2.16. The second-order valence-electron chi connectivity index (χ2n) is 3.15. The standard InChI is InChI=1S/C10H13NO3/c1-7-4-9-10(14-3-2-13-9)5-8(7)11-6-12/h4-5,11-12H,2-3,6H2,1H3. The summed E-state index contributed by atoms with van der Waals surface area (Å²) in [6.45, 7) is 3.05. The fraction of sp³-hybridized carbons (Fsp3) is 0.400. The normalized spacial score (nSPS) is 13.9. The van der Waals surface area contributed by atoms with Crippen LogP contribution < -0.4 is 14.8 Å². The third-order valence-corrected chi connectivity index (χ3v) is 2.16. The van der Waals surface area contributed by atoms with Crippen LogP contribution in [-0.4, -0.2) is 25.1 Å². The number of fused-ring (bicyclic) bond motifs is 1. The lowest BCUT2D eigenvalue weighted by molar-refractivity contribution is 0.171. The first-order valence-corrected chi connectivity index (χ1v) is 4.56. The molecule has 1 aliphatic heterocycles. The number of nitrogens with one attached hydrogen (secondary N) is 1. The highest BCUT2D eigenvalue weighted by Crippen LogP contribution is 2.34. The molecule has 1 aromatic rings. The number of benzene rings is 1. The zero-order chi connectivity index (χ0) is 9.97. The Morgan fingerprint density at radius 3 is 2.57 bits per heavy atom. The molecule has 2 rings (SSSR count). The number of aliphatic hydroxyl groups excluding tert-OH is 1. The van der Waals surface area contributed by atoms with Gasteiger partial charge >= 0.3 is 0 Å². The summed E-state index contributed by atoms with van der Waals surface area (Å²) in [7, 11) is 0. The third kappa shape index (κ3) is 1.61. The summed E-state index contributed by atoms with van der Waals surface area (Å²) < 4.78 is 10.8. The van der Waals surface area contributed by atoms with Crippen LogP contribution >= 0.6 is 0 Å². The maximum atomic E-state index is 8.77. The van der Waals surface area contributed by atoms with Gasteiger partial charge in [0.25, 0.3) is 0 Å². The minimum absolute atomic E-state index is 0.0829. The molecule has 0 radical (unpaired) electrons. The minimum atomic E-state index is -0.0829. The Kier molecular flexibility index (Phi) is 2.45. The first kappa shape index (κ1) is 9.15. The first-order chi connectivity index (χ1) is 6.81. The van der Waals surface area contributed by atoms with Crippen LogP contribution in [0.2, 0.25) is 0 Å². The van der Waals surface area contributed by atoms with Crippen LogP contribution in [0, 0.1) is 6.92 Å². The Labute approximate surface area is 82.5 Å². The average molecular weight is 195 g/mol. The van der Waals surface area contributed by atoms with Crippen molar-refractivity contribution >= 4 is 5.69 Å². The summed E-state index contributed by atoms with van der Waals surface area (Å²) in [5, 5.41) is 11.6. The maximum absolute atomic E-state index is 8.77. The van der Waals surface area contributed by atoms with E-state index in [1.165, 1.54) is 0 Å². The predicted octanol–water partition coefficient (Wildman–Crippen LogP) is 1.13. The van der Waals surface area contributed by atoms with Gasteiger partial charge in [-0.3, -0.25) is 0 Å². The molecule has 76 valence electrons. The van der Waals surface area contributed by atoms with Crippen LogP contribution in [0.25, 0.3) is 0 Å². The molecule has 0 saturated heterocycles. The molecule has 2 N–H and O–H groups in total. The van der Waals surface area contributed by atoms with Crippen LogP contribution in [0.4, 0.5) is 5.69 Å². The summed E-state index contributed by atoms with van der Waals surface area (Å²) in [6.07, 6.45) is 0. The van der Waals surface area contributed by atoms with Crippen molar-refractivity contribution in [2.24, 2.45) is 0 Å². The fourth-order valence-corrected chi connectivity index (χ4v) is 1.47. The lowest BCUT2D eigenvalue weighted by Crippen LogP contribution is -2.16. The average Bonchev–Trinajstić information content (AvgIpc) is 2.19. The van der Waals surface area contributed by atoms with E-state index >= 15 is 0 Å². The highest BCUT2D eigenvalue weighted by Gasteiger charge is 2.13. The number of aryl methyl sites for hydroxylation is 1. The van der Waals surface area contributed by atoms with Crippen molar-refractivity contribution in [3.8, 4) is 11.5 Å². The van der Waals surface area contributed by atoms with Crippen molar-refractivity contribution in [1.29, 1.82) is 0 Å².